The number of anilines is 1. The molecule has 3 N–H and O–H groups in total. The summed E-state index contributed by atoms with van der Waals surface area (Å²) in [6.45, 7) is 3.54. The average molecular weight is 452 g/mol. The van der Waals surface area contributed by atoms with Crippen molar-refractivity contribution in [2.75, 3.05) is 5.32 Å². The van der Waals surface area contributed by atoms with Crippen LogP contribution in [0, 0.1) is 17.6 Å². The van der Waals surface area contributed by atoms with Gasteiger partial charge in [-0.15, -0.1) is 11.3 Å². The van der Waals surface area contributed by atoms with E-state index >= 15 is 0 Å². The minimum Gasteiger partial charge on any atom is -0.476 e. The number of carboxylic acids is 1. The standard InChI is InChI=1S/C19H18F2N4O5S/c1-8(2)6-12(15(26)24-18-22-11(7-31-18)17(28)29)25-16(27)14(23-19(25)30)9-4-3-5-10(20)13(9)21/h3-5,7-8,12,14H,6H2,1-2H3,(H,23,30)(H,28,29)(H,22,24,26)/t12-,14?/m0/s1. The quantitative estimate of drug-likeness (QED) is 0.554. The zero-order valence-corrected chi connectivity index (χ0v) is 17.2. The van der Waals surface area contributed by atoms with E-state index < -0.39 is 47.5 Å². The number of halogens is 2. The highest BCUT2D eigenvalue weighted by molar-refractivity contribution is 7.14. The summed E-state index contributed by atoms with van der Waals surface area (Å²) in [5, 5.41) is 14.9. The lowest BCUT2D eigenvalue weighted by atomic mass is 10.0. The highest BCUT2D eigenvalue weighted by Gasteiger charge is 2.46. The fraction of sp³-hybridized carbons (Fsp3) is 0.316. The molecule has 3 rings (SSSR count). The van der Waals surface area contributed by atoms with Gasteiger partial charge in [-0.05, 0) is 18.4 Å². The van der Waals surface area contributed by atoms with E-state index in [4.69, 9.17) is 5.11 Å². The molecule has 1 aromatic heterocycles. The molecule has 4 amide bonds. The number of carbonyl (C=O) groups excluding carboxylic acids is 3. The van der Waals surface area contributed by atoms with Crippen LogP contribution in [0.5, 0.6) is 0 Å². The van der Waals surface area contributed by atoms with Gasteiger partial charge in [0, 0.05) is 10.9 Å². The first kappa shape index (κ1) is 22.3. The maximum atomic E-state index is 14.2. The number of rotatable bonds is 7. The number of thiazole rings is 1. The van der Waals surface area contributed by atoms with E-state index in [0.717, 1.165) is 17.4 Å². The molecule has 0 saturated carbocycles. The molecule has 2 aromatic rings. The van der Waals surface area contributed by atoms with Crippen LogP contribution in [0.15, 0.2) is 23.6 Å². The SMILES string of the molecule is CC(C)C[C@@H](C(=O)Nc1nc(C(=O)O)cs1)N1C(=O)NC(c2cccc(F)c2F)C1=O. The molecule has 0 radical (unpaired) electrons. The maximum Gasteiger partial charge on any atom is 0.355 e. The summed E-state index contributed by atoms with van der Waals surface area (Å²) in [6.07, 6.45) is 0.0838. The molecule has 1 unspecified atom stereocenters. The van der Waals surface area contributed by atoms with Crippen molar-refractivity contribution in [3.63, 3.8) is 0 Å². The van der Waals surface area contributed by atoms with Crippen molar-refractivity contribution in [2.24, 2.45) is 5.92 Å². The summed E-state index contributed by atoms with van der Waals surface area (Å²) in [5.74, 6) is -5.49. The monoisotopic (exact) mass is 452 g/mol. The van der Waals surface area contributed by atoms with Gasteiger partial charge in [0.15, 0.2) is 22.5 Å². The van der Waals surface area contributed by atoms with Crippen molar-refractivity contribution in [3.05, 3.63) is 46.5 Å². The van der Waals surface area contributed by atoms with Crippen LogP contribution in [0.25, 0.3) is 0 Å². The first-order valence-electron chi connectivity index (χ1n) is 9.17. The third kappa shape index (κ3) is 4.53. The predicted molar refractivity (Wildman–Crippen MR) is 105 cm³/mol. The lowest BCUT2D eigenvalue weighted by molar-refractivity contribution is -0.134. The summed E-state index contributed by atoms with van der Waals surface area (Å²) in [5.41, 5.74) is -0.618. The predicted octanol–water partition coefficient (Wildman–Crippen LogP) is 2.77. The largest absolute Gasteiger partial charge is 0.476 e. The topological polar surface area (TPSA) is 129 Å². The van der Waals surface area contributed by atoms with E-state index in [9.17, 15) is 28.0 Å². The molecule has 2 heterocycles. The van der Waals surface area contributed by atoms with E-state index in [0.29, 0.717) is 4.90 Å². The molecular weight excluding hydrogens is 434 g/mol. The highest BCUT2D eigenvalue weighted by Crippen LogP contribution is 2.29. The molecule has 0 bridgehead atoms. The van der Waals surface area contributed by atoms with E-state index in [1.807, 2.05) is 0 Å². The second kappa shape index (κ2) is 8.76. The van der Waals surface area contributed by atoms with Gasteiger partial charge in [-0.3, -0.25) is 9.59 Å². The summed E-state index contributed by atoms with van der Waals surface area (Å²) in [7, 11) is 0. The number of aromatic carboxylic acids is 1. The van der Waals surface area contributed by atoms with Crippen LogP contribution in [0.4, 0.5) is 18.7 Å². The van der Waals surface area contributed by atoms with Crippen LogP contribution in [0.1, 0.15) is 42.4 Å². The Morgan fingerprint density at radius 2 is 2.03 bits per heavy atom. The third-order valence-electron chi connectivity index (χ3n) is 4.53. The minimum atomic E-state index is -1.48. The number of hydrogen-bond donors (Lipinski definition) is 3. The molecule has 0 spiro atoms. The van der Waals surface area contributed by atoms with E-state index in [-0.39, 0.29) is 28.7 Å². The molecule has 12 heteroatoms. The van der Waals surface area contributed by atoms with Gasteiger partial charge in [-0.2, -0.15) is 0 Å². The van der Waals surface area contributed by atoms with Crippen molar-refractivity contribution >= 4 is 40.3 Å². The van der Waals surface area contributed by atoms with Crippen molar-refractivity contribution in [3.8, 4) is 0 Å². The Balaban J connectivity index is 1.87. The first-order valence-corrected chi connectivity index (χ1v) is 10.0. The number of aromatic nitrogens is 1. The summed E-state index contributed by atoms with van der Waals surface area (Å²) in [6, 6.07) is -0.422. The van der Waals surface area contributed by atoms with Gasteiger partial charge >= 0.3 is 12.0 Å². The van der Waals surface area contributed by atoms with Crippen LogP contribution >= 0.6 is 11.3 Å². The molecular formula is C19H18F2N4O5S. The fourth-order valence-electron chi connectivity index (χ4n) is 3.14. The Labute approximate surface area is 179 Å². The molecule has 1 saturated heterocycles. The summed E-state index contributed by atoms with van der Waals surface area (Å²) >= 11 is 0.868. The zero-order valence-electron chi connectivity index (χ0n) is 16.4. The molecule has 1 aliphatic rings. The molecule has 0 aliphatic carbocycles. The lowest BCUT2D eigenvalue weighted by Crippen LogP contribution is -2.48. The number of imide groups is 1. The maximum absolute atomic E-state index is 14.2. The number of nitrogens with one attached hydrogen (secondary N) is 2. The molecule has 9 nitrogen and oxygen atoms in total. The fourth-order valence-corrected chi connectivity index (χ4v) is 3.82. The number of carbonyl (C=O) groups is 4. The van der Waals surface area contributed by atoms with Crippen molar-refractivity contribution < 1.29 is 33.1 Å². The van der Waals surface area contributed by atoms with Gasteiger partial charge in [0.05, 0.1) is 0 Å². The van der Waals surface area contributed by atoms with Crippen LogP contribution in [0.3, 0.4) is 0 Å². The summed E-state index contributed by atoms with van der Waals surface area (Å²) < 4.78 is 27.8. The zero-order chi connectivity index (χ0) is 22.9. The molecule has 2 atom stereocenters. The van der Waals surface area contributed by atoms with Crippen molar-refractivity contribution in [1.29, 1.82) is 0 Å². The van der Waals surface area contributed by atoms with Gasteiger partial charge in [0.25, 0.3) is 5.91 Å². The molecule has 164 valence electrons. The number of amides is 4. The molecule has 1 aromatic carbocycles. The Morgan fingerprint density at radius 1 is 1.32 bits per heavy atom. The number of urea groups is 1. The van der Waals surface area contributed by atoms with Gasteiger partial charge < -0.3 is 15.7 Å². The summed E-state index contributed by atoms with van der Waals surface area (Å²) in [4.78, 5) is 53.7. The van der Waals surface area contributed by atoms with E-state index in [1.165, 1.54) is 17.5 Å². The minimum absolute atomic E-state index is 0.0177. The Bertz CT molecular complexity index is 1060. The smallest absolute Gasteiger partial charge is 0.355 e. The van der Waals surface area contributed by atoms with Crippen LogP contribution < -0.4 is 10.6 Å². The number of carboxylic acid groups (broad SMARTS) is 1. The molecule has 1 aliphatic heterocycles. The lowest BCUT2D eigenvalue weighted by Gasteiger charge is -2.25. The second-order valence-corrected chi connectivity index (χ2v) is 8.07. The second-order valence-electron chi connectivity index (χ2n) is 7.21. The molecule has 1 fully saturated rings. The van der Waals surface area contributed by atoms with Crippen LogP contribution in [0.2, 0.25) is 0 Å². The van der Waals surface area contributed by atoms with Crippen LogP contribution in [-0.2, 0) is 9.59 Å². The highest BCUT2D eigenvalue weighted by atomic mass is 32.1. The molecule has 31 heavy (non-hydrogen) atoms. The normalized spacial score (nSPS) is 17.1. The van der Waals surface area contributed by atoms with E-state index in [2.05, 4.69) is 15.6 Å². The Kier molecular flexibility index (Phi) is 6.29. The number of benzene rings is 1. The van der Waals surface area contributed by atoms with Gasteiger partial charge in [-0.25, -0.2) is 28.3 Å². The van der Waals surface area contributed by atoms with E-state index in [1.54, 1.807) is 13.8 Å². The number of hydrogen-bond acceptors (Lipinski definition) is 6. The van der Waals surface area contributed by atoms with Gasteiger partial charge in [0.2, 0.25) is 5.91 Å². The van der Waals surface area contributed by atoms with Crippen molar-refractivity contribution in [2.45, 2.75) is 32.4 Å². The Hall–Kier alpha value is -3.41. The van der Waals surface area contributed by atoms with Gasteiger partial charge in [0.1, 0.15) is 12.1 Å². The first-order chi connectivity index (χ1) is 14.6. The third-order valence-corrected chi connectivity index (χ3v) is 5.28. The Morgan fingerprint density at radius 3 is 2.65 bits per heavy atom. The van der Waals surface area contributed by atoms with Crippen molar-refractivity contribution in [1.82, 2.24) is 15.2 Å². The number of nitrogens with zero attached hydrogens (tertiary/aromatic N) is 2. The van der Waals surface area contributed by atoms with Gasteiger partial charge in [-0.1, -0.05) is 26.0 Å². The average Bonchev–Trinajstić information content (AvgIpc) is 3.27. The van der Waals surface area contributed by atoms with Crippen LogP contribution in [-0.4, -0.2) is 44.8 Å².